The van der Waals surface area contributed by atoms with E-state index in [1.165, 1.54) is 11.6 Å². The van der Waals surface area contributed by atoms with Crippen molar-refractivity contribution >= 4 is 10.0 Å². The van der Waals surface area contributed by atoms with E-state index in [9.17, 15) is 21.6 Å². The van der Waals surface area contributed by atoms with E-state index in [1.807, 2.05) is 12.1 Å². The van der Waals surface area contributed by atoms with Gasteiger partial charge in [0, 0.05) is 19.0 Å². The minimum atomic E-state index is -4.43. The van der Waals surface area contributed by atoms with E-state index in [4.69, 9.17) is 5.11 Å². The zero-order valence-electron chi connectivity index (χ0n) is 19.5. The summed E-state index contributed by atoms with van der Waals surface area (Å²) in [5.74, 6) is 0.246. The van der Waals surface area contributed by atoms with Gasteiger partial charge in [0.05, 0.1) is 25.8 Å². The van der Waals surface area contributed by atoms with Crippen LogP contribution < -0.4 is 5.32 Å². The fourth-order valence-electron chi connectivity index (χ4n) is 5.50. The van der Waals surface area contributed by atoms with Crippen molar-refractivity contribution < 1.29 is 30.6 Å². The lowest BCUT2D eigenvalue weighted by Gasteiger charge is -2.45. The average molecular weight is 498 g/mol. The number of benzene rings is 2. The van der Waals surface area contributed by atoms with Gasteiger partial charge in [0.25, 0.3) is 0 Å². The van der Waals surface area contributed by atoms with E-state index in [1.54, 1.807) is 20.0 Å². The van der Waals surface area contributed by atoms with Gasteiger partial charge in [-0.25, -0.2) is 3.89 Å². The van der Waals surface area contributed by atoms with Crippen LogP contribution in [0.1, 0.15) is 40.3 Å². The first-order valence-corrected chi connectivity index (χ1v) is 13.1. The van der Waals surface area contributed by atoms with Crippen molar-refractivity contribution in [2.45, 2.75) is 44.2 Å². The molecule has 1 heterocycles. The Kier molecular flexibility index (Phi) is 6.85. The highest BCUT2D eigenvalue weighted by Gasteiger charge is 2.55. The molecule has 2 aliphatic rings. The first kappa shape index (κ1) is 25.2. The second-order valence-corrected chi connectivity index (χ2v) is 12.7. The SMILES string of the molecule is CC1C[N+](C)(CC2Cc3ccc(Cc4cc(CNCCO)cc(C(F)(F)F)c4)cc3C2)S1(=O)=O. The lowest BCUT2D eigenvalue weighted by molar-refractivity contribution is -0.808. The second-order valence-electron chi connectivity index (χ2n) is 9.98. The summed E-state index contributed by atoms with van der Waals surface area (Å²) in [7, 11) is -1.33. The van der Waals surface area contributed by atoms with Crippen LogP contribution in [0.4, 0.5) is 13.2 Å². The predicted octanol–water partition coefficient (Wildman–Crippen LogP) is 3.27. The standard InChI is InChI=1S/C25H32F3N2O3S/c1-17-15-30(2,34(17,32)33)16-21-10-22-4-3-18(9-23(22)11-21)7-19-8-20(14-29-5-6-31)13-24(12-19)25(26,27)28/h3-4,8-9,12-13,17,21,29,31H,5-7,10-11,14-16H2,1-2H3/q+1. The molecule has 34 heavy (non-hydrogen) atoms. The van der Waals surface area contributed by atoms with Gasteiger partial charge < -0.3 is 10.4 Å². The van der Waals surface area contributed by atoms with Crippen LogP contribution in [0.2, 0.25) is 0 Å². The number of rotatable bonds is 8. The maximum Gasteiger partial charge on any atom is 0.416 e. The lowest BCUT2D eigenvalue weighted by Crippen LogP contribution is -2.68. The molecule has 1 fully saturated rings. The number of sulfonamides is 1. The molecule has 0 bridgehead atoms. The Morgan fingerprint density at radius 3 is 2.41 bits per heavy atom. The topological polar surface area (TPSA) is 66.4 Å². The van der Waals surface area contributed by atoms with Crippen LogP contribution in [0.25, 0.3) is 0 Å². The molecule has 0 amide bonds. The average Bonchev–Trinajstić information content (AvgIpc) is 3.14. The molecule has 1 aliphatic carbocycles. The summed E-state index contributed by atoms with van der Waals surface area (Å²) in [6.07, 6.45) is -2.42. The summed E-state index contributed by atoms with van der Waals surface area (Å²) in [6, 6.07) is 10.2. The molecule has 0 radical (unpaired) electrons. The fourth-order valence-corrected chi connectivity index (χ4v) is 7.47. The minimum absolute atomic E-state index is 0.0784. The Bertz CT molecular complexity index is 1170. The van der Waals surface area contributed by atoms with E-state index in [0.29, 0.717) is 37.2 Å². The molecule has 0 saturated carbocycles. The molecular formula is C25H32F3N2O3S+. The zero-order valence-corrected chi connectivity index (χ0v) is 20.3. The number of alkyl halides is 3. The number of aliphatic hydroxyl groups excluding tert-OH is 1. The summed E-state index contributed by atoms with van der Waals surface area (Å²) >= 11 is 0. The number of quaternary nitrogens is 1. The van der Waals surface area contributed by atoms with Crippen LogP contribution in [0.3, 0.4) is 0 Å². The van der Waals surface area contributed by atoms with Gasteiger partial charge in [0.15, 0.2) is 5.25 Å². The smallest absolute Gasteiger partial charge is 0.395 e. The van der Waals surface area contributed by atoms with Crippen molar-refractivity contribution in [2.75, 3.05) is 33.3 Å². The quantitative estimate of drug-likeness (QED) is 0.434. The Labute approximate surface area is 199 Å². The Morgan fingerprint density at radius 1 is 1.06 bits per heavy atom. The normalized spacial score (nSPS) is 25.7. The highest BCUT2D eigenvalue weighted by Crippen LogP contribution is 2.36. The van der Waals surface area contributed by atoms with E-state index >= 15 is 0 Å². The van der Waals surface area contributed by atoms with Crippen LogP contribution in [0, 0.1) is 5.92 Å². The van der Waals surface area contributed by atoms with Crippen LogP contribution in [-0.4, -0.2) is 56.0 Å². The maximum absolute atomic E-state index is 13.4. The zero-order chi connectivity index (χ0) is 24.7. The van der Waals surface area contributed by atoms with E-state index in [2.05, 4.69) is 11.4 Å². The summed E-state index contributed by atoms with van der Waals surface area (Å²) in [5.41, 5.74) is 3.75. The Hall–Kier alpha value is -1.94. The number of aliphatic hydroxyl groups is 1. The molecule has 2 aromatic rings. The Balaban J connectivity index is 1.48. The van der Waals surface area contributed by atoms with Gasteiger partial charge >= 0.3 is 16.2 Å². The fraction of sp³-hybridized carbons (Fsp3) is 0.520. The first-order valence-electron chi connectivity index (χ1n) is 11.6. The number of hydrogen-bond donors (Lipinski definition) is 2. The monoisotopic (exact) mass is 497 g/mol. The van der Waals surface area contributed by atoms with Crippen molar-refractivity contribution in [3.05, 3.63) is 69.8 Å². The van der Waals surface area contributed by atoms with Crippen molar-refractivity contribution in [1.29, 1.82) is 0 Å². The van der Waals surface area contributed by atoms with Gasteiger partial charge in [-0.05, 0) is 66.1 Å². The van der Waals surface area contributed by atoms with Crippen molar-refractivity contribution in [2.24, 2.45) is 5.92 Å². The predicted molar refractivity (Wildman–Crippen MR) is 125 cm³/mol. The van der Waals surface area contributed by atoms with Crippen LogP contribution >= 0.6 is 0 Å². The third-order valence-corrected chi connectivity index (χ3v) is 9.80. The largest absolute Gasteiger partial charge is 0.416 e. The van der Waals surface area contributed by atoms with Gasteiger partial charge in [-0.1, -0.05) is 24.3 Å². The molecule has 9 heteroatoms. The maximum atomic E-state index is 13.4. The van der Waals surface area contributed by atoms with Crippen LogP contribution in [-0.2, 0) is 42.0 Å². The summed E-state index contributed by atoms with van der Waals surface area (Å²) < 4.78 is 65.4. The molecule has 2 aromatic carbocycles. The molecule has 3 atom stereocenters. The van der Waals surface area contributed by atoms with Gasteiger partial charge in [0.2, 0.25) is 0 Å². The van der Waals surface area contributed by atoms with E-state index < -0.39 is 21.8 Å². The molecule has 0 aromatic heterocycles. The van der Waals surface area contributed by atoms with Crippen LogP contribution in [0.5, 0.6) is 0 Å². The number of halogens is 3. The molecule has 0 spiro atoms. The number of fused-ring (bicyclic) bond motifs is 1. The first-order chi connectivity index (χ1) is 15.9. The van der Waals surface area contributed by atoms with Crippen molar-refractivity contribution in [3.63, 3.8) is 0 Å². The van der Waals surface area contributed by atoms with Gasteiger partial charge in [-0.3, -0.25) is 0 Å². The molecule has 3 unspecified atom stereocenters. The summed E-state index contributed by atoms with van der Waals surface area (Å²) in [6.45, 7) is 3.48. The van der Waals surface area contributed by atoms with Gasteiger partial charge in [-0.2, -0.15) is 21.6 Å². The van der Waals surface area contributed by atoms with Gasteiger partial charge in [0.1, 0.15) is 6.54 Å². The second kappa shape index (κ2) is 9.26. The van der Waals surface area contributed by atoms with E-state index in [0.717, 1.165) is 30.0 Å². The molecule has 1 aliphatic heterocycles. The lowest BCUT2D eigenvalue weighted by atomic mass is 9.97. The third kappa shape index (κ3) is 5.03. The summed E-state index contributed by atoms with van der Waals surface area (Å²) in [5, 5.41) is 11.6. The molecule has 2 N–H and O–H groups in total. The summed E-state index contributed by atoms with van der Waals surface area (Å²) in [4.78, 5) is 0. The van der Waals surface area contributed by atoms with E-state index in [-0.39, 0.29) is 28.2 Å². The molecule has 5 nitrogen and oxygen atoms in total. The van der Waals surface area contributed by atoms with Gasteiger partial charge in [-0.15, -0.1) is 0 Å². The van der Waals surface area contributed by atoms with Crippen molar-refractivity contribution in [3.8, 4) is 0 Å². The molecule has 186 valence electrons. The van der Waals surface area contributed by atoms with Crippen LogP contribution in [0.15, 0.2) is 36.4 Å². The molecule has 4 rings (SSSR count). The number of nitrogens with one attached hydrogen (secondary N) is 1. The molecule has 1 saturated heterocycles. The third-order valence-electron chi connectivity index (χ3n) is 7.10. The highest BCUT2D eigenvalue weighted by atomic mass is 32.2. The number of nitrogens with zero attached hydrogens (tertiary/aromatic N) is 1. The van der Waals surface area contributed by atoms with Crippen molar-refractivity contribution in [1.82, 2.24) is 5.32 Å². The molecular weight excluding hydrogens is 465 g/mol. The highest BCUT2D eigenvalue weighted by molar-refractivity contribution is 7.87. The Morgan fingerprint density at radius 2 is 1.76 bits per heavy atom. The minimum Gasteiger partial charge on any atom is -0.395 e. The number of hydrogen-bond acceptors (Lipinski definition) is 4.